The average molecular weight is 329 g/mol. The molecule has 0 saturated heterocycles. The molecule has 114 valence electrons. The first-order valence-corrected chi connectivity index (χ1v) is 7.34. The molecule has 0 aliphatic carbocycles. The zero-order chi connectivity index (χ0) is 16.2. The largest absolute Gasteiger partial charge is 0.479 e. The Hall–Kier alpha value is -1.44. The maximum atomic E-state index is 12.1. The summed E-state index contributed by atoms with van der Waals surface area (Å²) in [6, 6.07) is 5.35. The van der Waals surface area contributed by atoms with Crippen molar-refractivity contribution < 1.29 is 9.53 Å². The molecule has 1 aromatic carbocycles. The lowest BCUT2D eigenvalue weighted by Crippen LogP contribution is -2.49. The summed E-state index contributed by atoms with van der Waals surface area (Å²) in [5, 5.41) is 12.6. The van der Waals surface area contributed by atoms with Gasteiger partial charge < -0.3 is 10.1 Å². The molecule has 1 rings (SSSR count). The van der Waals surface area contributed by atoms with E-state index in [2.05, 4.69) is 11.4 Å². The van der Waals surface area contributed by atoms with E-state index in [1.807, 2.05) is 6.92 Å². The standard InChI is InChI=1S/C15H18Cl2N2O2/c1-5-15(4,8-18)19-14(20)10(3)21-12-7-6-11(16)9(2)13(12)17/h6-7,10H,5H2,1-4H3,(H,19,20). The van der Waals surface area contributed by atoms with Crippen molar-refractivity contribution in [3.8, 4) is 11.8 Å². The highest BCUT2D eigenvalue weighted by Gasteiger charge is 2.27. The van der Waals surface area contributed by atoms with Crippen LogP contribution in [0.1, 0.15) is 32.8 Å². The molecule has 0 saturated carbocycles. The third-order valence-corrected chi connectivity index (χ3v) is 4.19. The lowest BCUT2D eigenvalue weighted by Gasteiger charge is -2.24. The Balaban J connectivity index is 2.83. The number of nitrogens with zero attached hydrogens (tertiary/aromatic N) is 1. The average Bonchev–Trinajstić information content (AvgIpc) is 2.47. The molecule has 0 aliphatic heterocycles. The van der Waals surface area contributed by atoms with Crippen molar-refractivity contribution in [1.29, 1.82) is 5.26 Å². The second-order valence-electron chi connectivity index (χ2n) is 5.03. The monoisotopic (exact) mass is 328 g/mol. The van der Waals surface area contributed by atoms with Crippen molar-refractivity contribution in [3.05, 3.63) is 27.7 Å². The number of halogens is 2. The summed E-state index contributed by atoms with van der Waals surface area (Å²) in [6.07, 6.45) is -0.273. The molecule has 1 aromatic rings. The van der Waals surface area contributed by atoms with E-state index in [-0.39, 0.29) is 5.91 Å². The van der Waals surface area contributed by atoms with Gasteiger partial charge in [-0.3, -0.25) is 4.79 Å². The van der Waals surface area contributed by atoms with Gasteiger partial charge in [-0.25, -0.2) is 0 Å². The van der Waals surface area contributed by atoms with Gasteiger partial charge in [0.05, 0.1) is 11.1 Å². The van der Waals surface area contributed by atoms with Crippen LogP contribution in [0.3, 0.4) is 0 Å². The van der Waals surface area contributed by atoms with Crippen LogP contribution in [0, 0.1) is 18.3 Å². The summed E-state index contributed by atoms with van der Waals surface area (Å²) in [5.41, 5.74) is -0.215. The smallest absolute Gasteiger partial charge is 0.262 e. The Bertz CT molecular complexity index is 584. The molecule has 1 N–H and O–H groups in total. The molecule has 1 amide bonds. The fourth-order valence-corrected chi connectivity index (χ4v) is 1.96. The van der Waals surface area contributed by atoms with E-state index < -0.39 is 11.6 Å². The van der Waals surface area contributed by atoms with Crippen LogP contribution in [0.4, 0.5) is 0 Å². The molecular weight excluding hydrogens is 311 g/mol. The number of rotatable bonds is 5. The van der Waals surface area contributed by atoms with E-state index >= 15 is 0 Å². The SMILES string of the molecule is CCC(C)(C#N)NC(=O)C(C)Oc1ccc(Cl)c(C)c1Cl. The predicted octanol–water partition coefficient (Wildman–Crippen LogP) is 3.88. The van der Waals surface area contributed by atoms with Crippen LogP contribution in [-0.4, -0.2) is 17.6 Å². The van der Waals surface area contributed by atoms with Gasteiger partial charge in [0.25, 0.3) is 5.91 Å². The molecule has 0 aliphatic rings. The van der Waals surface area contributed by atoms with Gasteiger partial charge in [-0.2, -0.15) is 5.26 Å². The molecule has 21 heavy (non-hydrogen) atoms. The Morgan fingerprint density at radius 1 is 1.52 bits per heavy atom. The number of hydrogen-bond donors (Lipinski definition) is 1. The van der Waals surface area contributed by atoms with E-state index in [0.717, 1.165) is 0 Å². The molecule has 2 atom stereocenters. The summed E-state index contributed by atoms with van der Waals surface area (Å²) < 4.78 is 5.57. The topological polar surface area (TPSA) is 62.1 Å². The van der Waals surface area contributed by atoms with Crippen LogP contribution >= 0.6 is 23.2 Å². The molecular formula is C15H18Cl2N2O2. The number of amides is 1. The van der Waals surface area contributed by atoms with Crippen LogP contribution in [0.2, 0.25) is 10.0 Å². The molecule has 6 heteroatoms. The van der Waals surface area contributed by atoms with Gasteiger partial charge in [-0.15, -0.1) is 0 Å². The summed E-state index contributed by atoms with van der Waals surface area (Å²) in [5.74, 6) is 0.0148. The van der Waals surface area contributed by atoms with Crippen molar-refractivity contribution in [2.24, 2.45) is 0 Å². The maximum absolute atomic E-state index is 12.1. The summed E-state index contributed by atoms with van der Waals surface area (Å²) in [7, 11) is 0. The number of nitrogens with one attached hydrogen (secondary N) is 1. The summed E-state index contributed by atoms with van der Waals surface area (Å²) >= 11 is 12.1. The van der Waals surface area contributed by atoms with Crippen molar-refractivity contribution >= 4 is 29.1 Å². The number of carbonyl (C=O) groups excluding carboxylic acids is 1. The van der Waals surface area contributed by atoms with Crippen molar-refractivity contribution in [2.45, 2.75) is 45.8 Å². The lowest BCUT2D eigenvalue weighted by atomic mass is 10.0. The summed E-state index contributed by atoms with van der Waals surface area (Å²) in [4.78, 5) is 12.1. The number of nitriles is 1. The molecule has 0 heterocycles. The number of benzene rings is 1. The second-order valence-corrected chi connectivity index (χ2v) is 5.82. The van der Waals surface area contributed by atoms with E-state index in [9.17, 15) is 4.79 Å². The maximum Gasteiger partial charge on any atom is 0.262 e. The number of hydrogen-bond acceptors (Lipinski definition) is 3. The second kappa shape index (κ2) is 7.02. The molecule has 0 radical (unpaired) electrons. The fourth-order valence-electron chi connectivity index (χ4n) is 1.54. The van der Waals surface area contributed by atoms with E-state index in [4.69, 9.17) is 33.2 Å². The summed E-state index contributed by atoms with van der Waals surface area (Å²) in [6.45, 7) is 6.86. The van der Waals surface area contributed by atoms with Gasteiger partial charge in [0.15, 0.2) is 6.10 Å². The third kappa shape index (κ3) is 4.26. The van der Waals surface area contributed by atoms with Crippen LogP contribution < -0.4 is 10.1 Å². The Kier molecular flexibility index (Phi) is 5.88. The lowest BCUT2D eigenvalue weighted by molar-refractivity contribution is -0.128. The van der Waals surface area contributed by atoms with Crippen LogP contribution in [-0.2, 0) is 4.79 Å². The Labute approximate surface area is 135 Å². The van der Waals surface area contributed by atoms with Gasteiger partial charge in [-0.05, 0) is 44.9 Å². The predicted molar refractivity (Wildman–Crippen MR) is 83.7 cm³/mol. The van der Waals surface area contributed by atoms with Crippen LogP contribution in [0.15, 0.2) is 12.1 Å². The minimum atomic E-state index is -0.908. The quantitative estimate of drug-likeness (QED) is 0.892. The molecule has 2 unspecified atom stereocenters. The first-order chi connectivity index (χ1) is 9.74. The zero-order valence-electron chi connectivity index (χ0n) is 12.5. The third-order valence-electron chi connectivity index (χ3n) is 3.31. The van der Waals surface area contributed by atoms with Gasteiger partial charge in [-0.1, -0.05) is 30.1 Å². The van der Waals surface area contributed by atoms with Crippen molar-refractivity contribution in [1.82, 2.24) is 5.32 Å². The number of carbonyl (C=O) groups is 1. The van der Waals surface area contributed by atoms with Crippen molar-refractivity contribution in [2.75, 3.05) is 0 Å². The number of ether oxygens (including phenoxy) is 1. The fraction of sp³-hybridized carbons (Fsp3) is 0.467. The minimum Gasteiger partial charge on any atom is -0.479 e. The van der Waals surface area contributed by atoms with Gasteiger partial charge in [0, 0.05) is 5.02 Å². The van der Waals surface area contributed by atoms with Gasteiger partial charge in [0.2, 0.25) is 0 Å². The zero-order valence-corrected chi connectivity index (χ0v) is 14.0. The van der Waals surface area contributed by atoms with E-state index in [0.29, 0.717) is 27.8 Å². The van der Waals surface area contributed by atoms with Crippen LogP contribution in [0.5, 0.6) is 5.75 Å². The highest BCUT2D eigenvalue weighted by Crippen LogP contribution is 2.33. The highest BCUT2D eigenvalue weighted by molar-refractivity contribution is 6.36. The normalized spacial score (nSPS) is 14.7. The Morgan fingerprint density at radius 3 is 2.67 bits per heavy atom. The molecule has 0 aromatic heterocycles. The highest BCUT2D eigenvalue weighted by atomic mass is 35.5. The van der Waals surface area contributed by atoms with Crippen molar-refractivity contribution in [3.63, 3.8) is 0 Å². The van der Waals surface area contributed by atoms with E-state index in [1.165, 1.54) is 0 Å². The van der Waals surface area contributed by atoms with Gasteiger partial charge >= 0.3 is 0 Å². The molecule has 0 spiro atoms. The first-order valence-electron chi connectivity index (χ1n) is 6.58. The molecule has 0 fully saturated rings. The minimum absolute atomic E-state index is 0.371. The molecule has 4 nitrogen and oxygen atoms in total. The van der Waals surface area contributed by atoms with Crippen LogP contribution in [0.25, 0.3) is 0 Å². The van der Waals surface area contributed by atoms with Gasteiger partial charge in [0.1, 0.15) is 11.3 Å². The Morgan fingerprint density at radius 2 is 2.14 bits per heavy atom. The first kappa shape index (κ1) is 17.6. The molecule has 0 bridgehead atoms. The van der Waals surface area contributed by atoms with E-state index in [1.54, 1.807) is 32.9 Å².